The predicted octanol–water partition coefficient (Wildman–Crippen LogP) is 2.43. The molecule has 0 unspecified atom stereocenters. The molecule has 2 aromatic heterocycles. The topological polar surface area (TPSA) is 63.1 Å². The smallest absolute Gasteiger partial charge is 0.224 e. The van der Waals surface area contributed by atoms with Gasteiger partial charge in [0.15, 0.2) is 0 Å². The molecule has 25 heavy (non-hydrogen) atoms. The van der Waals surface area contributed by atoms with E-state index in [2.05, 4.69) is 22.7 Å². The highest BCUT2D eigenvalue weighted by Gasteiger charge is 2.40. The molecule has 134 valence electrons. The average molecular weight is 359 g/mol. The summed E-state index contributed by atoms with van der Waals surface area (Å²) in [7, 11) is 3.86. The minimum atomic E-state index is 0.0303. The van der Waals surface area contributed by atoms with Gasteiger partial charge in [-0.05, 0) is 26.7 Å². The number of thiazole rings is 1. The van der Waals surface area contributed by atoms with Crippen LogP contribution in [0.25, 0.3) is 0 Å². The summed E-state index contributed by atoms with van der Waals surface area (Å²) in [6.07, 6.45) is 3.09. The van der Waals surface area contributed by atoms with E-state index in [9.17, 15) is 4.79 Å². The van der Waals surface area contributed by atoms with Gasteiger partial charge in [0.2, 0.25) is 5.91 Å². The highest BCUT2D eigenvalue weighted by Crippen LogP contribution is 2.41. The Bertz CT molecular complexity index is 806. The highest BCUT2D eigenvalue weighted by atomic mass is 32.1. The summed E-state index contributed by atoms with van der Waals surface area (Å²) in [6, 6.07) is 0.118. The molecule has 0 aromatic carbocycles. The zero-order valence-electron chi connectivity index (χ0n) is 15.2. The van der Waals surface area contributed by atoms with E-state index < -0.39 is 0 Å². The first-order valence-corrected chi connectivity index (χ1v) is 9.77. The van der Waals surface area contributed by atoms with Gasteiger partial charge in [0, 0.05) is 55.7 Å². The largest absolute Gasteiger partial charge is 0.337 e. The van der Waals surface area contributed by atoms with Crippen molar-refractivity contribution in [3.05, 3.63) is 33.0 Å². The van der Waals surface area contributed by atoms with Gasteiger partial charge in [-0.15, -0.1) is 11.3 Å². The van der Waals surface area contributed by atoms with Crippen LogP contribution in [0, 0.1) is 13.8 Å². The molecule has 1 N–H and O–H groups in total. The number of amides is 1. The van der Waals surface area contributed by atoms with E-state index in [0.717, 1.165) is 17.1 Å². The number of nitrogens with zero attached hydrogens (tertiary/aromatic N) is 4. The summed E-state index contributed by atoms with van der Waals surface area (Å²) in [6.45, 7) is 4.81. The van der Waals surface area contributed by atoms with Gasteiger partial charge >= 0.3 is 0 Å². The number of likely N-dealkylation sites (tertiary alicyclic amines) is 1. The van der Waals surface area contributed by atoms with Crippen LogP contribution in [0.3, 0.4) is 0 Å². The molecule has 0 bridgehead atoms. The molecule has 1 saturated carbocycles. The van der Waals surface area contributed by atoms with E-state index in [-0.39, 0.29) is 18.0 Å². The van der Waals surface area contributed by atoms with Crippen molar-refractivity contribution in [1.82, 2.24) is 25.0 Å². The van der Waals surface area contributed by atoms with Crippen LogP contribution < -0.4 is 5.32 Å². The molecule has 2 aromatic rings. The number of aryl methyl sites for hydroxylation is 2. The van der Waals surface area contributed by atoms with E-state index in [4.69, 9.17) is 4.98 Å². The molecule has 1 saturated heterocycles. The monoisotopic (exact) mass is 359 g/mol. The lowest BCUT2D eigenvalue weighted by Gasteiger charge is -2.26. The Labute approximate surface area is 152 Å². The highest BCUT2D eigenvalue weighted by molar-refractivity contribution is 7.09. The molecule has 1 aliphatic carbocycles. The normalized spacial score (nSPS) is 23.7. The molecule has 1 amide bonds. The average Bonchev–Trinajstić information content (AvgIpc) is 3.19. The van der Waals surface area contributed by atoms with E-state index in [1.54, 1.807) is 11.3 Å². The SMILES string of the molecule is Cc1nn(C)c(C)c1[C@H]1[C@H](NCc2csc(C3CC3)n2)CC(=O)N1C. The minimum Gasteiger partial charge on any atom is -0.337 e. The van der Waals surface area contributed by atoms with Gasteiger partial charge in [0.25, 0.3) is 0 Å². The summed E-state index contributed by atoms with van der Waals surface area (Å²) in [5.74, 6) is 0.883. The quantitative estimate of drug-likeness (QED) is 0.891. The standard InChI is InChI=1S/C18H25N5OS/c1-10-16(11(2)23(4)21-10)17-14(7-15(24)22(17)3)19-8-13-9-25-18(20-13)12-5-6-12/h9,12,14,17,19H,5-8H2,1-4H3/t14-,17-/m1/s1. The van der Waals surface area contributed by atoms with Gasteiger partial charge in [-0.2, -0.15) is 5.10 Å². The number of hydrogen-bond acceptors (Lipinski definition) is 5. The predicted molar refractivity (Wildman–Crippen MR) is 97.5 cm³/mol. The zero-order valence-corrected chi connectivity index (χ0v) is 16.1. The second kappa shape index (κ2) is 6.21. The van der Waals surface area contributed by atoms with Crippen molar-refractivity contribution in [1.29, 1.82) is 0 Å². The maximum absolute atomic E-state index is 12.4. The van der Waals surface area contributed by atoms with Gasteiger partial charge in [0.1, 0.15) is 0 Å². The van der Waals surface area contributed by atoms with E-state index in [0.29, 0.717) is 18.9 Å². The van der Waals surface area contributed by atoms with Crippen LogP contribution in [-0.2, 0) is 18.4 Å². The number of rotatable bonds is 5. The van der Waals surface area contributed by atoms with Gasteiger partial charge in [-0.25, -0.2) is 4.98 Å². The van der Waals surface area contributed by atoms with Crippen molar-refractivity contribution >= 4 is 17.2 Å². The van der Waals surface area contributed by atoms with Crippen LogP contribution in [0.4, 0.5) is 0 Å². The Kier molecular flexibility index (Phi) is 4.16. The van der Waals surface area contributed by atoms with Gasteiger partial charge in [-0.3, -0.25) is 9.48 Å². The van der Waals surface area contributed by atoms with E-state index in [1.165, 1.54) is 23.4 Å². The second-order valence-corrected chi connectivity index (χ2v) is 8.19. The van der Waals surface area contributed by atoms with Crippen molar-refractivity contribution < 1.29 is 4.79 Å². The Balaban J connectivity index is 1.53. The number of carbonyl (C=O) groups excluding carboxylic acids is 1. The fraction of sp³-hybridized carbons (Fsp3) is 0.611. The number of carbonyl (C=O) groups is 1. The van der Waals surface area contributed by atoms with Crippen molar-refractivity contribution in [3.63, 3.8) is 0 Å². The zero-order chi connectivity index (χ0) is 17.7. The summed E-state index contributed by atoms with van der Waals surface area (Å²) in [5, 5.41) is 11.5. The molecule has 2 fully saturated rings. The number of aromatic nitrogens is 3. The lowest BCUT2D eigenvalue weighted by atomic mass is 9.98. The van der Waals surface area contributed by atoms with Crippen LogP contribution >= 0.6 is 11.3 Å². The molecular formula is C18H25N5OS. The van der Waals surface area contributed by atoms with Crippen LogP contribution in [-0.4, -0.2) is 38.7 Å². The van der Waals surface area contributed by atoms with E-state index in [1.807, 2.05) is 30.6 Å². The van der Waals surface area contributed by atoms with Crippen LogP contribution in [0.2, 0.25) is 0 Å². The van der Waals surface area contributed by atoms with Crippen molar-refractivity contribution in [2.45, 2.75) is 57.7 Å². The molecule has 3 heterocycles. The Morgan fingerprint density at radius 2 is 2.08 bits per heavy atom. The molecule has 6 nitrogen and oxygen atoms in total. The maximum Gasteiger partial charge on any atom is 0.224 e. The first kappa shape index (κ1) is 16.7. The Hall–Kier alpha value is -1.73. The Morgan fingerprint density at radius 1 is 1.32 bits per heavy atom. The number of hydrogen-bond donors (Lipinski definition) is 1. The third kappa shape index (κ3) is 3.00. The maximum atomic E-state index is 12.4. The van der Waals surface area contributed by atoms with E-state index >= 15 is 0 Å². The molecule has 2 aliphatic rings. The minimum absolute atomic E-state index is 0.0303. The molecule has 0 spiro atoms. The molecule has 4 rings (SSSR count). The fourth-order valence-electron chi connectivity index (χ4n) is 3.82. The molecule has 2 atom stereocenters. The lowest BCUT2D eigenvalue weighted by molar-refractivity contribution is -0.127. The van der Waals surface area contributed by atoms with Crippen molar-refractivity contribution in [2.24, 2.45) is 7.05 Å². The van der Waals surface area contributed by atoms with Crippen LogP contribution in [0.1, 0.15) is 58.9 Å². The lowest BCUT2D eigenvalue weighted by Crippen LogP contribution is -2.35. The summed E-state index contributed by atoms with van der Waals surface area (Å²) in [5.41, 5.74) is 4.39. The van der Waals surface area contributed by atoms with Gasteiger partial charge < -0.3 is 10.2 Å². The molecule has 0 radical (unpaired) electrons. The summed E-state index contributed by atoms with van der Waals surface area (Å²) >= 11 is 1.77. The van der Waals surface area contributed by atoms with Gasteiger partial charge in [-0.1, -0.05) is 0 Å². The first-order valence-electron chi connectivity index (χ1n) is 8.89. The fourth-order valence-corrected chi connectivity index (χ4v) is 4.81. The number of likely N-dealkylation sites (N-methyl/N-ethyl adjacent to an activating group) is 1. The molecular weight excluding hydrogens is 334 g/mol. The van der Waals surface area contributed by atoms with Crippen molar-refractivity contribution in [2.75, 3.05) is 7.05 Å². The van der Waals surface area contributed by atoms with Gasteiger partial charge in [0.05, 0.1) is 22.4 Å². The van der Waals surface area contributed by atoms with Crippen LogP contribution in [0.5, 0.6) is 0 Å². The number of nitrogens with one attached hydrogen (secondary N) is 1. The first-order chi connectivity index (χ1) is 12.0. The molecule has 7 heteroatoms. The third-order valence-corrected chi connectivity index (χ3v) is 6.54. The Morgan fingerprint density at radius 3 is 2.72 bits per heavy atom. The summed E-state index contributed by atoms with van der Waals surface area (Å²) < 4.78 is 1.90. The van der Waals surface area contributed by atoms with Crippen LogP contribution in [0.15, 0.2) is 5.38 Å². The van der Waals surface area contributed by atoms with Crippen molar-refractivity contribution in [3.8, 4) is 0 Å². The molecule has 1 aliphatic heterocycles. The second-order valence-electron chi connectivity index (χ2n) is 7.30. The summed E-state index contributed by atoms with van der Waals surface area (Å²) in [4.78, 5) is 19.0. The third-order valence-electron chi connectivity index (χ3n) is 5.49.